The molecule has 0 bridgehead atoms. The summed E-state index contributed by atoms with van der Waals surface area (Å²) in [6, 6.07) is 15.9. The van der Waals surface area contributed by atoms with Crippen molar-refractivity contribution in [2.24, 2.45) is 0 Å². The molecule has 0 amide bonds. The Kier molecular flexibility index (Phi) is 5.86. The van der Waals surface area contributed by atoms with Gasteiger partial charge in [-0.3, -0.25) is 0 Å². The molecule has 0 aromatic heterocycles. The van der Waals surface area contributed by atoms with E-state index in [1.807, 2.05) is 36.4 Å². The van der Waals surface area contributed by atoms with E-state index in [9.17, 15) is 5.26 Å². The zero-order chi connectivity index (χ0) is 15.9. The second kappa shape index (κ2) is 7.87. The van der Waals surface area contributed by atoms with E-state index in [1.165, 1.54) is 11.1 Å². The summed E-state index contributed by atoms with van der Waals surface area (Å²) in [4.78, 5) is 0. The van der Waals surface area contributed by atoms with Crippen molar-refractivity contribution in [3.05, 3.63) is 64.2 Å². The van der Waals surface area contributed by atoms with Crippen LogP contribution in [0.4, 0.5) is 0 Å². The van der Waals surface area contributed by atoms with Crippen molar-refractivity contribution in [2.45, 2.75) is 32.6 Å². The van der Waals surface area contributed by atoms with Gasteiger partial charge in [-0.05, 0) is 61.6 Å². The van der Waals surface area contributed by atoms with Crippen molar-refractivity contribution in [3.8, 4) is 11.8 Å². The van der Waals surface area contributed by atoms with E-state index in [2.05, 4.69) is 26.0 Å². The summed E-state index contributed by atoms with van der Waals surface area (Å²) in [5.74, 6) is 0.789. The summed E-state index contributed by atoms with van der Waals surface area (Å²) in [5, 5.41) is 10.0. The maximum Gasteiger partial charge on any atom is 0.122 e. The van der Waals surface area contributed by atoms with Gasteiger partial charge in [-0.25, -0.2) is 0 Å². The molecule has 114 valence electrons. The minimum atomic E-state index is -0.138. The molecule has 22 heavy (non-hydrogen) atoms. The molecule has 0 fully saturated rings. The quantitative estimate of drug-likeness (QED) is 0.667. The zero-order valence-electron chi connectivity index (χ0n) is 13.0. The van der Waals surface area contributed by atoms with Crippen LogP contribution >= 0.6 is 11.6 Å². The van der Waals surface area contributed by atoms with Gasteiger partial charge in [0.05, 0.1) is 18.6 Å². The Morgan fingerprint density at radius 3 is 2.68 bits per heavy atom. The monoisotopic (exact) mass is 313 g/mol. The molecule has 1 atom stereocenters. The van der Waals surface area contributed by atoms with E-state index in [4.69, 9.17) is 16.3 Å². The molecule has 0 N–H and O–H groups in total. The summed E-state index contributed by atoms with van der Waals surface area (Å²) in [5.41, 5.74) is 3.38. The molecule has 1 unspecified atom stereocenters. The number of benzene rings is 2. The van der Waals surface area contributed by atoms with Crippen LogP contribution in [0.3, 0.4) is 0 Å². The van der Waals surface area contributed by atoms with Crippen molar-refractivity contribution in [3.63, 3.8) is 0 Å². The lowest BCUT2D eigenvalue weighted by atomic mass is 9.96. The molecule has 0 radical (unpaired) electrons. The van der Waals surface area contributed by atoms with Crippen LogP contribution in [0.25, 0.3) is 0 Å². The lowest BCUT2D eigenvalue weighted by molar-refractivity contribution is 0.303. The smallest absolute Gasteiger partial charge is 0.122 e. The fourth-order valence-electron chi connectivity index (χ4n) is 2.38. The molecular weight excluding hydrogens is 294 g/mol. The summed E-state index contributed by atoms with van der Waals surface area (Å²) in [6.07, 6.45) is 1.60. The number of ether oxygens (including phenoxy) is 1. The standard InChI is InChI=1S/C19H20ClNO/c1-14-6-3-10-19(15(14)2)22-11-5-8-17(13-21)16-7-4-9-18(20)12-16/h3-4,6-7,9-10,12,17H,5,8,11H2,1-2H3. The minimum Gasteiger partial charge on any atom is -0.493 e. The van der Waals surface area contributed by atoms with Crippen LogP contribution in [0.1, 0.15) is 35.4 Å². The van der Waals surface area contributed by atoms with E-state index in [0.29, 0.717) is 11.6 Å². The Morgan fingerprint density at radius 2 is 1.95 bits per heavy atom. The van der Waals surface area contributed by atoms with Crippen LogP contribution in [0.5, 0.6) is 5.75 Å². The number of rotatable bonds is 6. The first-order chi connectivity index (χ1) is 10.6. The lowest BCUT2D eigenvalue weighted by Gasteiger charge is -2.12. The fraction of sp³-hybridized carbons (Fsp3) is 0.316. The molecule has 2 nitrogen and oxygen atoms in total. The van der Waals surface area contributed by atoms with E-state index >= 15 is 0 Å². The number of nitriles is 1. The Hall–Kier alpha value is -1.98. The molecule has 0 heterocycles. The Labute approximate surface area is 137 Å². The largest absolute Gasteiger partial charge is 0.493 e. The third kappa shape index (κ3) is 4.26. The summed E-state index contributed by atoms with van der Waals surface area (Å²) < 4.78 is 5.84. The van der Waals surface area contributed by atoms with E-state index < -0.39 is 0 Å². The molecule has 0 saturated carbocycles. The lowest BCUT2D eigenvalue weighted by Crippen LogP contribution is -2.03. The van der Waals surface area contributed by atoms with Crippen LogP contribution in [0.15, 0.2) is 42.5 Å². The van der Waals surface area contributed by atoms with Crippen LogP contribution in [0, 0.1) is 25.2 Å². The first kappa shape index (κ1) is 16.4. The van der Waals surface area contributed by atoms with Gasteiger partial charge >= 0.3 is 0 Å². The third-order valence-corrected chi connectivity index (χ3v) is 4.09. The Morgan fingerprint density at radius 1 is 1.18 bits per heavy atom. The topological polar surface area (TPSA) is 33.0 Å². The van der Waals surface area contributed by atoms with Crippen LogP contribution < -0.4 is 4.74 Å². The van der Waals surface area contributed by atoms with Crippen LogP contribution in [-0.2, 0) is 0 Å². The summed E-state index contributed by atoms with van der Waals surface area (Å²) in [6.45, 7) is 4.75. The highest BCUT2D eigenvalue weighted by Crippen LogP contribution is 2.24. The van der Waals surface area contributed by atoms with Crippen molar-refractivity contribution in [1.82, 2.24) is 0 Å². The molecule has 0 aliphatic heterocycles. The Balaban J connectivity index is 1.87. The molecule has 3 heteroatoms. The van der Waals surface area contributed by atoms with Crippen molar-refractivity contribution >= 4 is 11.6 Å². The molecular formula is C19H20ClNO. The van der Waals surface area contributed by atoms with Crippen molar-refractivity contribution in [2.75, 3.05) is 6.61 Å². The SMILES string of the molecule is Cc1cccc(OCCCC(C#N)c2cccc(Cl)c2)c1C. The number of halogens is 1. The van der Waals surface area contributed by atoms with E-state index in [1.54, 1.807) is 0 Å². The van der Waals surface area contributed by atoms with Gasteiger partial charge in [0.25, 0.3) is 0 Å². The molecule has 2 rings (SSSR count). The molecule has 0 saturated heterocycles. The highest BCUT2D eigenvalue weighted by Gasteiger charge is 2.11. The van der Waals surface area contributed by atoms with E-state index in [-0.39, 0.29) is 5.92 Å². The minimum absolute atomic E-state index is 0.138. The Bertz CT molecular complexity index is 675. The van der Waals surface area contributed by atoms with Gasteiger partial charge in [-0.2, -0.15) is 5.26 Å². The average molecular weight is 314 g/mol. The van der Waals surface area contributed by atoms with Crippen LogP contribution in [0.2, 0.25) is 5.02 Å². The number of hydrogen-bond acceptors (Lipinski definition) is 2. The normalized spacial score (nSPS) is 11.7. The predicted molar refractivity (Wildman–Crippen MR) is 90.5 cm³/mol. The maximum atomic E-state index is 9.33. The van der Waals surface area contributed by atoms with Gasteiger partial charge in [0.15, 0.2) is 0 Å². The fourth-order valence-corrected chi connectivity index (χ4v) is 2.58. The predicted octanol–water partition coefficient (Wildman–Crippen LogP) is 5.42. The van der Waals surface area contributed by atoms with Gasteiger partial charge in [-0.1, -0.05) is 35.9 Å². The molecule has 2 aromatic rings. The average Bonchev–Trinajstić information content (AvgIpc) is 2.51. The van der Waals surface area contributed by atoms with Crippen molar-refractivity contribution < 1.29 is 4.74 Å². The highest BCUT2D eigenvalue weighted by atomic mass is 35.5. The first-order valence-electron chi connectivity index (χ1n) is 7.46. The van der Waals surface area contributed by atoms with Gasteiger partial charge < -0.3 is 4.74 Å². The second-order valence-corrected chi connectivity index (χ2v) is 5.86. The zero-order valence-corrected chi connectivity index (χ0v) is 13.7. The first-order valence-corrected chi connectivity index (χ1v) is 7.83. The molecule has 0 spiro atoms. The number of hydrogen-bond donors (Lipinski definition) is 0. The van der Waals surface area contributed by atoms with Crippen LogP contribution in [-0.4, -0.2) is 6.61 Å². The van der Waals surface area contributed by atoms with Gasteiger partial charge in [0, 0.05) is 5.02 Å². The van der Waals surface area contributed by atoms with Crippen molar-refractivity contribution in [1.29, 1.82) is 5.26 Å². The van der Waals surface area contributed by atoms with Gasteiger partial charge in [0.1, 0.15) is 5.75 Å². The summed E-state index contributed by atoms with van der Waals surface area (Å²) >= 11 is 5.99. The van der Waals surface area contributed by atoms with Gasteiger partial charge in [0.2, 0.25) is 0 Å². The number of nitrogens with zero attached hydrogens (tertiary/aromatic N) is 1. The van der Waals surface area contributed by atoms with E-state index in [0.717, 1.165) is 24.2 Å². The third-order valence-electron chi connectivity index (χ3n) is 3.86. The number of aryl methyl sites for hydroxylation is 1. The highest BCUT2D eigenvalue weighted by molar-refractivity contribution is 6.30. The molecule has 2 aromatic carbocycles. The molecule has 0 aliphatic rings. The summed E-state index contributed by atoms with van der Waals surface area (Å²) in [7, 11) is 0. The second-order valence-electron chi connectivity index (χ2n) is 5.43. The maximum absolute atomic E-state index is 9.33. The molecule has 0 aliphatic carbocycles. The van der Waals surface area contributed by atoms with Gasteiger partial charge in [-0.15, -0.1) is 0 Å².